The van der Waals surface area contributed by atoms with Crippen molar-refractivity contribution in [1.29, 1.82) is 5.26 Å². The lowest BCUT2D eigenvalue weighted by atomic mass is 10.1. The van der Waals surface area contributed by atoms with Gasteiger partial charge in [-0.2, -0.15) is 5.26 Å². The fourth-order valence-corrected chi connectivity index (χ4v) is 1.60. The largest absolute Gasteiger partial charge is 0.396 e. The molecule has 0 heterocycles. The zero-order chi connectivity index (χ0) is 15.1. The summed E-state index contributed by atoms with van der Waals surface area (Å²) >= 11 is 0. The number of hydrogen-bond donors (Lipinski definition) is 1. The van der Waals surface area contributed by atoms with E-state index in [4.69, 9.17) is 15.7 Å². The van der Waals surface area contributed by atoms with Crippen LogP contribution in [0.5, 0.6) is 0 Å². The quantitative estimate of drug-likeness (QED) is 0.803. The van der Waals surface area contributed by atoms with Crippen LogP contribution in [0.25, 0.3) is 0 Å². The standard InChI is InChI=1S/C13H15F2N3O2/c1-20-6-5-18(4-2-3-16)13(19)9-7-12(17)11(15)8-10(9)14/h7-8H,2,4-6,17H2,1H3. The SMILES string of the molecule is COCCN(CCC#N)C(=O)c1cc(N)c(F)cc1F. The van der Waals surface area contributed by atoms with Crippen LogP contribution >= 0.6 is 0 Å². The van der Waals surface area contributed by atoms with Gasteiger partial charge >= 0.3 is 0 Å². The van der Waals surface area contributed by atoms with Crippen molar-refractivity contribution in [2.24, 2.45) is 0 Å². The minimum absolute atomic E-state index is 0.105. The molecule has 1 rings (SSSR count). The number of benzene rings is 1. The van der Waals surface area contributed by atoms with Crippen molar-refractivity contribution in [2.45, 2.75) is 6.42 Å². The van der Waals surface area contributed by atoms with Crippen LogP contribution < -0.4 is 5.73 Å². The van der Waals surface area contributed by atoms with E-state index >= 15 is 0 Å². The van der Waals surface area contributed by atoms with Gasteiger partial charge in [-0.15, -0.1) is 0 Å². The number of hydrogen-bond acceptors (Lipinski definition) is 4. The number of nitrogen functional groups attached to an aromatic ring is 1. The van der Waals surface area contributed by atoms with Gasteiger partial charge in [0.1, 0.15) is 11.6 Å². The summed E-state index contributed by atoms with van der Waals surface area (Å²) in [5.41, 5.74) is 4.71. The van der Waals surface area contributed by atoms with E-state index in [0.717, 1.165) is 6.07 Å². The fraction of sp³-hybridized carbons (Fsp3) is 0.385. The van der Waals surface area contributed by atoms with Gasteiger partial charge in [-0.25, -0.2) is 8.78 Å². The molecule has 1 aromatic carbocycles. The number of nitrogens with two attached hydrogens (primary N) is 1. The zero-order valence-corrected chi connectivity index (χ0v) is 11.0. The number of anilines is 1. The van der Waals surface area contributed by atoms with Crippen molar-refractivity contribution in [3.05, 3.63) is 29.3 Å². The van der Waals surface area contributed by atoms with E-state index in [0.29, 0.717) is 6.07 Å². The van der Waals surface area contributed by atoms with Gasteiger partial charge in [0.2, 0.25) is 0 Å². The Bertz CT molecular complexity index is 529. The van der Waals surface area contributed by atoms with Gasteiger partial charge in [-0.3, -0.25) is 4.79 Å². The number of amides is 1. The monoisotopic (exact) mass is 283 g/mol. The molecular weight excluding hydrogens is 268 g/mol. The van der Waals surface area contributed by atoms with E-state index < -0.39 is 17.5 Å². The lowest BCUT2D eigenvalue weighted by molar-refractivity contribution is 0.0695. The third kappa shape index (κ3) is 3.90. The topological polar surface area (TPSA) is 79.3 Å². The predicted molar refractivity (Wildman–Crippen MR) is 68.8 cm³/mol. The van der Waals surface area contributed by atoms with Gasteiger partial charge in [0.15, 0.2) is 0 Å². The number of ether oxygens (including phenoxy) is 1. The first-order chi connectivity index (χ1) is 9.51. The molecular formula is C13H15F2N3O2. The highest BCUT2D eigenvalue weighted by molar-refractivity contribution is 5.95. The van der Waals surface area contributed by atoms with Crippen LogP contribution in [-0.4, -0.2) is 37.6 Å². The molecule has 0 unspecified atom stereocenters. The van der Waals surface area contributed by atoms with E-state index in [1.165, 1.54) is 12.0 Å². The van der Waals surface area contributed by atoms with Gasteiger partial charge in [0.05, 0.1) is 30.3 Å². The molecule has 2 N–H and O–H groups in total. The second-order valence-electron chi connectivity index (χ2n) is 4.05. The van der Waals surface area contributed by atoms with Crippen molar-refractivity contribution in [3.63, 3.8) is 0 Å². The number of carbonyl (C=O) groups is 1. The predicted octanol–water partition coefficient (Wildman–Crippen LogP) is 1.55. The Morgan fingerprint density at radius 2 is 2.10 bits per heavy atom. The first-order valence-electron chi connectivity index (χ1n) is 5.91. The van der Waals surface area contributed by atoms with E-state index in [2.05, 4.69) is 0 Å². The van der Waals surface area contributed by atoms with Crippen LogP contribution in [0.15, 0.2) is 12.1 Å². The fourth-order valence-electron chi connectivity index (χ4n) is 1.60. The van der Waals surface area contributed by atoms with E-state index in [1.54, 1.807) is 0 Å². The number of halogens is 2. The van der Waals surface area contributed by atoms with Crippen LogP contribution in [0, 0.1) is 23.0 Å². The summed E-state index contributed by atoms with van der Waals surface area (Å²) in [4.78, 5) is 13.5. The van der Waals surface area contributed by atoms with Crippen LogP contribution in [0.3, 0.4) is 0 Å². The van der Waals surface area contributed by atoms with E-state index in [9.17, 15) is 13.6 Å². The molecule has 0 bridgehead atoms. The van der Waals surface area contributed by atoms with Crippen LogP contribution in [0.4, 0.5) is 14.5 Å². The third-order valence-corrected chi connectivity index (χ3v) is 2.66. The highest BCUT2D eigenvalue weighted by Gasteiger charge is 2.20. The third-order valence-electron chi connectivity index (χ3n) is 2.66. The van der Waals surface area contributed by atoms with Crippen LogP contribution in [0.2, 0.25) is 0 Å². The Labute approximate surface area is 115 Å². The molecule has 0 radical (unpaired) electrons. The molecule has 20 heavy (non-hydrogen) atoms. The number of nitrogens with zero attached hydrogens (tertiary/aromatic N) is 2. The van der Waals surface area contributed by atoms with Gasteiger partial charge in [-0.05, 0) is 6.07 Å². The zero-order valence-electron chi connectivity index (χ0n) is 11.0. The molecule has 0 aliphatic heterocycles. The molecule has 0 spiro atoms. The molecule has 0 atom stereocenters. The van der Waals surface area contributed by atoms with Crippen LogP contribution in [-0.2, 0) is 4.74 Å². The number of rotatable bonds is 6. The summed E-state index contributed by atoms with van der Waals surface area (Å²) in [5, 5.41) is 8.57. The lowest BCUT2D eigenvalue weighted by Gasteiger charge is -2.21. The Balaban J connectivity index is 2.99. The maximum absolute atomic E-state index is 13.6. The van der Waals surface area contributed by atoms with Gasteiger partial charge in [0.25, 0.3) is 5.91 Å². The maximum atomic E-state index is 13.6. The van der Waals surface area contributed by atoms with Crippen molar-refractivity contribution >= 4 is 11.6 Å². The molecule has 7 heteroatoms. The van der Waals surface area contributed by atoms with Crippen LogP contribution in [0.1, 0.15) is 16.8 Å². The first kappa shape index (κ1) is 15.9. The normalized spacial score (nSPS) is 10.1. The van der Waals surface area contributed by atoms with Gasteiger partial charge in [-0.1, -0.05) is 0 Å². The second-order valence-corrected chi connectivity index (χ2v) is 4.05. The van der Waals surface area contributed by atoms with Crippen molar-refractivity contribution in [1.82, 2.24) is 4.90 Å². The summed E-state index contributed by atoms with van der Waals surface area (Å²) in [6, 6.07) is 3.43. The average Bonchev–Trinajstić information content (AvgIpc) is 2.42. The lowest BCUT2D eigenvalue weighted by Crippen LogP contribution is -2.35. The summed E-state index contributed by atoms with van der Waals surface area (Å²) < 4.78 is 31.6. The molecule has 1 amide bonds. The Hall–Kier alpha value is -2.20. The summed E-state index contributed by atoms with van der Waals surface area (Å²) in [7, 11) is 1.46. The Kier molecular flexibility index (Phi) is 5.87. The molecule has 0 aromatic heterocycles. The van der Waals surface area contributed by atoms with Crippen molar-refractivity contribution in [2.75, 3.05) is 32.5 Å². The van der Waals surface area contributed by atoms with Crippen molar-refractivity contribution < 1.29 is 18.3 Å². The van der Waals surface area contributed by atoms with Crippen molar-refractivity contribution in [3.8, 4) is 6.07 Å². The summed E-state index contributed by atoms with van der Waals surface area (Å²) in [6.45, 7) is 0.582. The second kappa shape index (κ2) is 7.40. The average molecular weight is 283 g/mol. The Morgan fingerprint density at radius 3 is 2.70 bits per heavy atom. The molecule has 0 saturated carbocycles. The molecule has 0 saturated heterocycles. The molecule has 0 aliphatic rings. The number of carbonyl (C=O) groups excluding carboxylic acids is 1. The van der Waals surface area contributed by atoms with Gasteiger partial charge in [0, 0.05) is 26.3 Å². The molecule has 1 aromatic rings. The first-order valence-corrected chi connectivity index (χ1v) is 5.91. The maximum Gasteiger partial charge on any atom is 0.257 e. The van der Waals surface area contributed by atoms with E-state index in [1.807, 2.05) is 6.07 Å². The number of methoxy groups -OCH3 is 1. The van der Waals surface area contributed by atoms with E-state index in [-0.39, 0.29) is 37.4 Å². The highest BCUT2D eigenvalue weighted by atomic mass is 19.1. The van der Waals surface area contributed by atoms with Gasteiger partial charge < -0.3 is 15.4 Å². The minimum Gasteiger partial charge on any atom is -0.396 e. The molecule has 0 fully saturated rings. The number of nitriles is 1. The molecule has 108 valence electrons. The molecule has 0 aliphatic carbocycles. The molecule has 5 nitrogen and oxygen atoms in total. The summed E-state index contributed by atoms with van der Waals surface area (Å²) in [5.74, 6) is -2.55. The Morgan fingerprint density at radius 1 is 1.40 bits per heavy atom. The highest BCUT2D eigenvalue weighted by Crippen LogP contribution is 2.18. The minimum atomic E-state index is -0.985. The summed E-state index contributed by atoms with van der Waals surface area (Å²) in [6.07, 6.45) is 0.105. The smallest absolute Gasteiger partial charge is 0.257 e.